The molecule has 0 saturated carbocycles. The number of halogens is 1. The van der Waals surface area contributed by atoms with Gasteiger partial charge in [0.25, 0.3) is 15.9 Å². The summed E-state index contributed by atoms with van der Waals surface area (Å²) in [6.07, 6.45) is 1.49. The zero-order valence-electron chi connectivity index (χ0n) is 15.8. The molecule has 156 valence electrons. The summed E-state index contributed by atoms with van der Waals surface area (Å²) in [5, 5.41) is 12.7. The van der Waals surface area contributed by atoms with Crippen molar-refractivity contribution in [1.82, 2.24) is 3.97 Å². The van der Waals surface area contributed by atoms with E-state index in [2.05, 4.69) is 21.2 Å². The molecule has 0 unspecified atom stereocenters. The molecule has 9 heteroatoms. The number of amides is 1. The number of nitrogens with one attached hydrogen (secondary N) is 1. The molecule has 1 aromatic heterocycles. The number of hydrogen-bond donors (Lipinski definition) is 2. The summed E-state index contributed by atoms with van der Waals surface area (Å²) in [7, 11) is -3.84. The minimum atomic E-state index is -3.84. The number of para-hydroxylation sites is 1. The van der Waals surface area contributed by atoms with E-state index in [0.29, 0.717) is 9.99 Å². The molecule has 0 aliphatic carbocycles. The van der Waals surface area contributed by atoms with Crippen molar-refractivity contribution in [2.45, 2.75) is 4.90 Å². The van der Waals surface area contributed by atoms with Gasteiger partial charge < -0.3 is 10.4 Å². The lowest BCUT2D eigenvalue weighted by atomic mass is 10.1. The van der Waals surface area contributed by atoms with Crippen LogP contribution in [0.4, 0.5) is 5.69 Å². The predicted molar refractivity (Wildman–Crippen MR) is 120 cm³/mol. The van der Waals surface area contributed by atoms with E-state index < -0.39 is 21.9 Å². The van der Waals surface area contributed by atoms with Gasteiger partial charge in [-0.3, -0.25) is 4.79 Å². The number of nitrogens with zero attached hydrogens (tertiary/aromatic N) is 1. The Morgan fingerprint density at radius 2 is 1.65 bits per heavy atom. The Morgan fingerprint density at radius 1 is 0.935 bits per heavy atom. The molecule has 4 aromatic rings. The second-order valence-corrected chi connectivity index (χ2v) is 9.38. The number of aromatic nitrogens is 1. The van der Waals surface area contributed by atoms with Crippen LogP contribution in [0.15, 0.2) is 88.4 Å². The van der Waals surface area contributed by atoms with Crippen molar-refractivity contribution < 1.29 is 23.1 Å². The Morgan fingerprint density at radius 3 is 2.35 bits per heavy atom. The van der Waals surface area contributed by atoms with Gasteiger partial charge in [0.05, 0.1) is 21.7 Å². The van der Waals surface area contributed by atoms with E-state index in [0.717, 1.165) is 5.39 Å². The van der Waals surface area contributed by atoms with E-state index in [1.165, 1.54) is 46.6 Å². The maximum atomic E-state index is 13.0. The maximum absolute atomic E-state index is 13.0. The van der Waals surface area contributed by atoms with E-state index in [9.17, 15) is 23.1 Å². The van der Waals surface area contributed by atoms with Crippen molar-refractivity contribution in [3.8, 4) is 0 Å². The first-order chi connectivity index (χ1) is 14.8. The fourth-order valence-electron chi connectivity index (χ4n) is 3.16. The number of carbonyl (C=O) groups excluding carboxylic acids is 1. The fraction of sp³-hybridized carbons (Fsp3) is 0. The monoisotopic (exact) mass is 498 g/mol. The number of aromatic carboxylic acids is 1. The van der Waals surface area contributed by atoms with Crippen molar-refractivity contribution >= 4 is 54.4 Å². The summed E-state index contributed by atoms with van der Waals surface area (Å²) in [4.78, 5) is 24.0. The fourth-order valence-corrected chi connectivity index (χ4v) is 4.87. The van der Waals surface area contributed by atoms with Gasteiger partial charge in [0, 0.05) is 21.6 Å². The number of benzene rings is 3. The molecule has 0 bridgehead atoms. The van der Waals surface area contributed by atoms with Gasteiger partial charge in [0.1, 0.15) is 0 Å². The van der Waals surface area contributed by atoms with Crippen LogP contribution in [-0.2, 0) is 10.0 Å². The number of rotatable bonds is 5. The Labute approximate surface area is 186 Å². The molecular weight excluding hydrogens is 484 g/mol. The maximum Gasteiger partial charge on any atom is 0.337 e. The van der Waals surface area contributed by atoms with Crippen LogP contribution in [0, 0.1) is 0 Å². The largest absolute Gasteiger partial charge is 0.478 e. The van der Waals surface area contributed by atoms with Crippen molar-refractivity contribution in [2.24, 2.45) is 0 Å². The smallest absolute Gasteiger partial charge is 0.337 e. The standard InChI is InChI=1S/C22H15BrN2O5S/c23-16-7-10-19(18(13-16)22(27)28)24-21(26)15-5-8-17(9-6-15)31(29,30)25-12-11-14-3-1-2-4-20(14)25/h1-13H,(H,24,26)(H,27,28). The molecule has 31 heavy (non-hydrogen) atoms. The third kappa shape index (κ3) is 3.97. The van der Waals surface area contributed by atoms with Gasteiger partial charge in [-0.1, -0.05) is 34.1 Å². The first kappa shape index (κ1) is 20.8. The van der Waals surface area contributed by atoms with Gasteiger partial charge in [-0.2, -0.15) is 0 Å². The topological polar surface area (TPSA) is 105 Å². The lowest BCUT2D eigenvalue weighted by Gasteiger charge is -2.10. The molecule has 4 rings (SSSR count). The molecule has 0 atom stereocenters. The van der Waals surface area contributed by atoms with Gasteiger partial charge in [0.2, 0.25) is 0 Å². The Balaban J connectivity index is 1.61. The zero-order chi connectivity index (χ0) is 22.2. The Hall–Kier alpha value is -3.43. The number of carboxylic acid groups (broad SMARTS) is 1. The van der Waals surface area contributed by atoms with Crippen molar-refractivity contribution in [3.63, 3.8) is 0 Å². The number of carboxylic acids is 1. The van der Waals surface area contributed by atoms with E-state index in [-0.39, 0.29) is 21.7 Å². The van der Waals surface area contributed by atoms with Crippen LogP contribution in [0.1, 0.15) is 20.7 Å². The van der Waals surface area contributed by atoms with E-state index in [1.54, 1.807) is 24.3 Å². The quantitative estimate of drug-likeness (QED) is 0.418. The molecule has 0 aliphatic heterocycles. The summed E-state index contributed by atoms with van der Waals surface area (Å²) in [6.45, 7) is 0. The van der Waals surface area contributed by atoms with Crippen molar-refractivity contribution in [3.05, 3.63) is 94.6 Å². The highest BCUT2D eigenvalue weighted by atomic mass is 79.9. The second kappa shape index (κ2) is 8.01. The first-order valence-corrected chi connectivity index (χ1v) is 11.3. The average molecular weight is 499 g/mol. The van der Waals surface area contributed by atoms with E-state index >= 15 is 0 Å². The highest BCUT2D eigenvalue weighted by Crippen LogP contribution is 2.24. The summed E-state index contributed by atoms with van der Waals surface area (Å²) < 4.78 is 27.8. The average Bonchev–Trinajstić information content (AvgIpc) is 3.20. The molecule has 0 aliphatic rings. The predicted octanol–water partition coefficient (Wildman–Crippen LogP) is 4.59. The molecule has 0 radical (unpaired) electrons. The number of fused-ring (bicyclic) bond motifs is 1. The Kier molecular flexibility index (Phi) is 5.38. The normalized spacial score (nSPS) is 11.4. The molecular formula is C22H15BrN2O5S. The molecule has 1 heterocycles. The summed E-state index contributed by atoms with van der Waals surface area (Å²) in [5.74, 6) is -1.74. The first-order valence-electron chi connectivity index (χ1n) is 9.03. The lowest BCUT2D eigenvalue weighted by molar-refractivity contribution is 0.0698. The van der Waals surface area contributed by atoms with E-state index in [4.69, 9.17) is 0 Å². The highest BCUT2D eigenvalue weighted by Gasteiger charge is 2.20. The molecule has 7 nitrogen and oxygen atoms in total. The van der Waals surface area contributed by atoms with Crippen LogP contribution in [0.3, 0.4) is 0 Å². The van der Waals surface area contributed by atoms with Crippen molar-refractivity contribution in [2.75, 3.05) is 5.32 Å². The van der Waals surface area contributed by atoms with Crippen LogP contribution in [0.5, 0.6) is 0 Å². The minimum Gasteiger partial charge on any atom is -0.478 e. The molecule has 1 amide bonds. The molecule has 0 fully saturated rings. The Bertz CT molecular complexity index is 1430. The second-order valence-electron chi connectivity index (χ2n) is 6.65. The lowest BCUT2D eigenvalue weighted by Crippen LogP contribution is -2.16. The van der Waals surface area contributed by atoms with Gasteiger partial charge in [-0.15, -0.1) is 0 Å². The molecule has 0 saturated heterocycles. The van der Waals surface area contributed by atoms with E-state index in [1.807, 2.05) is 12.1 Å². The van der Waals surface area contributed by atoms with Gasteiger partial charge in [-0.25, -0.2) is 17.2 Å². The highest BCUT2D eigenvalue weighted by molar-refractivity contribution is 9.10. The number of anilines is 1. The van der Waals surface area contributed by atoms with Gasteiger partial charge in [-0.05, 0) is 54.6 Å². The summed E-state index contributed by atoms with van der Waals surface area (Å²) >= 11 is 3.20. The van der Waals surface area contributed by atoms with Crippen LogP contribution in [0.2, 0.25) is 0 Å². The van der Waals surface area contributed by atoms with Gasteiger partial charge in [0.15, 0.2) is 0 Å². The number of carbonyl (C=O) groups is 2. The van der Waals surface area contributed by atoms with Crippen LogP contribution < -0.4 is 5.32 Å². The minimum absolute atomic E-state index is 0.0280. The molecule has 3 aromatic carbocycles. The SMILES string of the molecule is O=C(Nc1ccc(Br)cc1C(=O)O)c1ccc(S(=O)(=O)n2ccc3ccccc32)cc1. The zero-order valence-corrected chi connectivity index (χ0v) is 18.2. The molecule has 0 spiro atoms. The summed E-state index contributed by atoms with van der Waals surface area (Å²) in [6, 6.07) is 18.8. The third-order valence-corrected chi connectivity index (χ3v) is 6.89. The molecule has 2 N–H and O–H groups in total. The van der Waals surface area contributed by atoms with Crippen molar-refractivity contribution in [1.29, 1.82) is 0 Å². The van der Waals surface area contributed by atoms with Crippen LogP contribution in [0.25, 0.3) is 10.9 Å². The van der Waals surface area contributed by atoms with Crippen LogP contribution in [-0.4, -0.2) is 29.4 Å². The third-order valence-electron chi connectivity index (χ3n) is 4.70. The summed E-state index contributed by atoms with van der Waals surface area (Å²) in [5.41, 5.74) is 0.814. The van der Waals surface area contributed by atoms with Gasteiger partial charge >= 0.3 is 5.97 Å². The number of hydrogen-bond acceptors (Lipinski definition) is 4. The van der Waals surface area contributed by atoms with Crippen LogP contribution >= 0.6 is 15.9 Å².